The lowest BCUT2D eigenvalue weighted by Crippen LogP contribution is -2.40. The monoisotopic (exact) mass is 447 g/mol. The van der Waals surface area contributed by atoms with Gasteiger partial charge in [0, 0.05) is 32.7 Å². The van der Waals surface area contributed by atoms with Crippen LogP contribution in [0, 0.1) is 5.92 Å². The van der Waals surface area contributed by atoms with Gasteiger partial charge < -0.3 is 24.4 Å². The van der Waals surface area contributed by atoms with Crippen molar-refractivity contribution in [2.24, 2.45) is 10.9 Å². The lowest BCUT2D eigenvalue weighted by Gasteiger charge is -2.21. The molecular weight excluding hydrogens is 421 g/mol. The van der Waals surface area contributed by atoms with Gasteiger partial charge in [-0.25, -0.2) is 4.99 Å². The van der Waals surface area contributed by atoms with Gasteiger partial charge in [0.25, 0.3) is 0 Å². The van der Waals surface area contributed by atoms with Crippen LogP contribution in [0.1, 0.15) is 18.9 Å². The third-order valence-corrected chi connectivity index (χ3v) is 4.17. The smallest absolute Gasteiger partial charge is 0.231 e. The van der Waals surface area contributed by atoms with Crippen LogP contribution in [-0.2, 0) is 11.3 Å². The van der Waals surface area contributed by atoms with Gasteiger partial charge in [0.05, 0.1) is 13.2 Å². The first-order chi connectivity index (χ1) is 11.3. The van der Waals surface area contributed by atoms with Crippen LogP contribution in [0.4, 0.5) is 0 Å². The molecule has 1 aromatic rings. The molecule has 134 valence electrons. The zero-order valence-corrected chi connectivity index (χ0v) is 16.6. The fourth-order valence-corrected chi connectivity index (χ4v) is 3.03. The van der Waals surface area contributed by atoms with E-state index in [-0.39, 0.29) is 24.0 Å². The van der Waals surface area contributed by atoms with Crippen molar-refractivity contribution in [3.05, 3.63) is 23.8 Å². The standard InChI is InChI=1S/C17H25N3O3.HI/c1-3-18-17(20-7-6-14(10-20)11-21-2)19-9-13-4-5-15-16(8-13)23-12-22-15;/h4-5,8,14H,3,6-7,9-12H2,1-2H3,(H,18,19);1H. The van der Waals surface area contributed by atoms with Crippen molar-refractivity contribution in [2.45, 2.75) is 19.9 Å². The second-order valence-corrected chi connectivity index (χ2v) is 5.91. The van der Waals surface area contributed by atoms with Crippen LogP contribution in [-0.4, -0.2) is 51.0 Å². The molecule has 0 saturated carbocycles. The van der Waals surface area contributed by atoms with Gasteiger partial charge in [-0.1, -0.05) is 6.07 Å². The van der Waals surface area contributed by atoms with Crippen LogP contribution in [0.2, 0.25) is 0 Å². The molecule has 1 atom stereocenters. The molecule has 1 saturated heterocycles. The van der Waals surface area contributed by atoms with E-state index in [1.807, 2.05) is 18.2 Å². The minimum absolute atomic E-state index is 0. The Hall–Kier alpha value is -1.22. The van der Waals surface area contributed by atoms with E-state index in [9.17, 15) is 0 Å². The van der Waals surface area contributed by atoms with E-state index in [2.05, 4.69) is 17.1 Å². The number of rotatable bonds is 5. The average Bonchev–Trinajstić information content (AvgIpc) is 3.20. The number of methoxy groups -OCH3 is 1. The van der Waals surface area contributed by atoms with Crippen LogP contribution in [0.5, 0.6) is 11.5 Å². The normalized spacial score (nSPS) is 19.3. The van der Waals surface area contributed by atoms with Crippen molar-refractivity contribution < 1.29 is 14.2 Å². The van der Waals surface area contributed by atoms with Crippen molar-refractivity contribution >= 4 is 29.9 Å². The highest BCUT2D eigenvalue weighted by Gasteiger charge is 2.24. The number of hydrogen-bond donors (Lipinski definition) is 1. The zero-order valence-electron chi connectivity index (χ0n) is 14.3. The van der Waals surface area contributed by atoms with Crippen LogP contribution in [0.15, 0.2) is 23.2 Å². The number of ether oxygens (including phenoxy) is 3. The molecule has 1 fully saturated rings. The molecule has 2 heterocycles. The first-order valence-electron chi connectivity index (χ1n) is 8.21. The Morgan fingerprint density at radius 1 is 1.38 bits per heavy atom. The van der Waals surface area contributed by atoms with E-state index in [0.717, 1.165) is 55.7 Å². The summed E-state index contributed by atoms with van der Waals surface area (Å²) in [5.74, 6) is 3.19. The van der Waals surface area contributed by atoms with Crippen molar-refractivity contribution in [3.63, 3.8) is 0 Å². The maximum absolute atomic E-state index is 5.42. The van der Waals surface area contributed by atoms with Gasteiger partial charge in [-0.05, 0) is 31.0 Å². The lowest BCUT2D eigenvalue weighted by atomic mass is 10.1. The quantitative estimate of drug-likeness (QED) is 0.427. The van der Waals surface area contributed by atoms with E-state index >= 15 is 0 Å². The van der Waals surface area contributed by atoms with Crippen LogP contribution < -0.4 is 14.8 Å². The lowest BCUT2D eigenvalue weighted by molar-refractivity contribution is 0.157. The van der Waals surface area contributed by atoms with Crippen molar-refractivity contribution in [1.29, 1.82) is 0 Å². The molecule has 0 bridgehead atoms. The molecular formula is C17H26IN3O3. The minimum Gasteiger partial charge on any atom is -0.454 e. The van der Waals surface area contributed by atoms with E-state index in [4.69, 9.17) is 19.2 Å². The van der Waals surface area contributed by atoms with Gasteiger partial charge in [0.15, 0.2) is 17.5 Å². The Morgan fingerprint density at radius 2 is 2.21 bits per heavy atom. The van der Waals surface area contributed by atoms with Crippen molar-refractivity contribution in [1.82, 2.24) is 10.2 Å². The number of likely N-dealkylation sites (tertiary alicyclic amines) is 1. The topological polar surface area (TPSA) is 55.3 Å². The number of hydrogen-bond acceptors (Lipinski definition) is 4. The summed E-state index contributed by atoms with van der Waals surface area (Å²) in [6.45, 7) is 6.74. The Balaban J connectivity index is 0.00000208. The molecule has 1 N–H and O–H groups in total. The molecule has 0 aliphatic carbocycles. The van der Waals surface area contributed by atoms with E-state index in [1.165, 1.54) is 0 Å². The highest BCUT2D eigenvalue weighted by Crippen LogP contribution is 2.32. The molecule has 1 aromatic carbocycles. The largest absolute Gasteiger partial charge is 0.454 e. The average molecular weight is 447 g/mol. The molecule has 0 radical (unpaired) electrons. The first kappa shape index (κ1) is 19.1. The maximum Gasteiger partial charge on any atom is 0.231 e. The Kier molecular flexibility index (Phi) is 7.41. The summed E-state index contributed by atoms with van der Waals surface area (Å²) in [6, 6.07) is 6.00. The zero-order chi connectivity index (χ0) is 16.1. The number of nitrogens with zero attached hydrogens (tertiary/aromatic N) is 2. The summed E-state index contributed by atoms with van der Waals surface area (Å²) < 4.78 is 16.0. The third-order valence-electron chi connectivity index (χ3n) is 4.17. The number of guanidine groups is 1. The van der Waals surface area contributed by atoms with Crippen LogP contribution in [0.25, 0.3) is 0 Å². The van der Waals surface area contributed by atoms with Gasteiger partial charge in [0.1, 0.15) is 0 Å². The van der Waals surface area contributed by atoms with Crippen molar-refractivity contribution in [3.8, 4) is 11.5 Å². The minimum atomic E-state index is 0. The highest BCUT2D eigenvalue weighted by atomic mass is 127. The SMILES string of the molecule is CCNC(=NCc1ccc2c(c1)OCO2)N1CCC(COC)C1.I. The van der Waals surface area contributed by atoms with Gasteiger partial charge >= 0.3 is 0 Å². The number of halogens is 1. The molecule has 1 unspecified atom stereocenters. The number of fused-ring (bicyclic) bond motifs is 1. The van der Waals surface area contributed by atoms with Crippen molar-refractivity contribution in [2.75, 3.05) is 40.1 Å². The second kappa shape index (κ2) is 9.31. The highest BCUT2D eigenvalue weighted by molar-refractivity contribution is 14.0. The molecule has 6 nitrogen and oxygen atoms in total. The van der Waals surface area contributed by atoms with Crippen LogP contribution >= 0.6 is 24.0 Å². The Morgan fingerprint density at radius 3 is 3.00 bits per heavy atom. The predicted molar refractivity (Wildman–Crippen MR) is 104 cm³/mol. The van der Waals surface area contributed by atoms with Gasteiger partial charge in [-0.3, -0.25) is 0 Å². The molecule has 2 aliphatic rings. The molecule has 7 heteroatoms. The number of nitrogens with one attached hydrogen (secondary N) is 1. The van der Waals surface area contributed by atoms with Crippen LogP contribution in [0.3, 0.4) is 0 Å². The molecule has 0 amide bonds. The van der Waals surface area contributed by atoms with Gasteiger partial charge in [0.2, 0.25) is 6.79 Å². The fraction of sp³-hybridized carbons (Fsp3) is 0.588. The summed E-state index contributed by atoms with van der Waals surface area (Å²) in [4.78, 5) is 7.10. The van der Waals surface area contributed by atoms with Gasteiger partial charge in [-0.15, -0.1) is 24.0 Å². The molecule has 24 heavy (non-hydrogen) atoms. The summed E-state index contributed by atoms with van der Waals surface area (Å²) in [7, 11) is 1.77. The number of benzene rings is 1. The molecule has 2 aliphatic heterocycles. The number of aliphatic imine (C=N–C) groups is 1. The molecule has 3 rings (SSSR count). The Bertz CT molecular complexity index is 568. The summed E-state index contributed by atoms with van der Waals surface area (Å²) in [5.41, 5.74) is 1.12. The Labute approximate surface area is 160 Å². The third kappa shape index (κ3) is 4.66. The predicted octanol–water partition coefficient (Wildman–Crippen LogP) is 2.47. The maximum atomic E-state index is 5.42. The molecule has 0 spiro atoms. The summed E-state index contributed by atoms with van der Waals surface area (Å²) in [5, 5.41) is 3.39. The molecule has 0 aromatic heterocycles. The summed E-state index contributed by atoms with van der Waals surface area (Å²) >= 11 is 0. The van der Waals surface area contributed by atoms with E-state index in [1.54, 1.807) is 7.11 Å². The van der Waals surface area contributed by atoms with E-state index in [0.29, 0.717) is 19.3 Å². The second-order valence-electron chi connectivity index (χ2n) is 5.91. The summed E-state index contributed by atoms with van der Waals surface area (Å²) in [6.07, 6.45) is 1.16. The van der Waals surface area contributed by atoms with Gasteiger partial charge in [-0.2, -0.15) is 0 Å². The fourth-order valence-electron chi connectivity index (χ4n) is 3.03. The first-order valence-corrected chi connectivity index (χ1v) is 8.21. The van der Waals surface area contributed by atoms with E-state index < -0.39 is 0 Å².